The van der Waals surface area contributed by atoms with Gasteiger partial charge in [0, 0.05) is 22.8 Å². The van der Waals surface area contributed by atoms with Gasteiger partial charge in [-0.15, -0.1) is 5.10 Å². The highest BCUT2D eigenvalue weighted by Gasteiger charge is 2.36. The Morgan fingerprint density at radius 2 is 1.86 bits per heavy atom. The maximum atomic E-state index is 12.8. The van der Waals surface area contributed by atoms with Gasteiger partial charge in [-0.3, -0.25) is 5.21 Å². The van der Waals surface area contributed by atoms with Gasteiger partial charge in [0.2, 0.25) is 11.7 Å². The second kappa shape index (κ2) is 8.32. The minimum atomic E-state index is -4.82. The number of amidine groups is 1. The summed E-state index contributed by atoms with van der Waals surface area (Å²) in [5.74, 6) is -1.24. The third-order valence-electron chi connectivity index (χ3n) is 3.63. The molecule has 6 nitrogen and oxygen atoms in total. The molecule has 1 heterocycles. The molecule has 0 unspecified atom stereocenters. The Morgan fingerprint density at radius 3 is 2.54 bits per heavy atom. The van der Waals surface area contributed by atoms with Crippen LogP contribution in [0.3, 0.4) is 0 Å². The van der Waals surface area contributed by atoms with Crippen LogP contribution in [0.4, 0.5) is 18.9 Å². The summed E-state index contributed by atoms with van der Waals surface area (Å²) in [5.41, 5.74) is 2.24. The summed E-state index contributed by atoms with van der Waals surface area (Å²) in [5, 5.41) is 13.5. The van der Waals surface area contributed by atoms with Crippen molar-refractivity contribution in [2.24, 2.45) is 4.99 Å². The first kappa shape index (κ1) is 19.7. The van der Waals surface area contributed by atoms with E-state index in [1.165, 1.54) is 12.1 Å². The molecule has 2 N–H and O–H groups in total. The van der Waals surface area contributed by atoms with Crippen molar-refractivity contribution < 1.29 is 23.1 Å². The molecule has 0 saturated heterocycles. The van der Waals surface area contributed by atoms with Crippen molar-refractivity contribution in [3.8, 4) is 11.6 Å². The molecule has 0 amide bonds. The Balaban J connectivity index is 1.75. The molecule has 0 atom stereocenters. The van der Waals surface area contributed by atoms with Crippen LogP contribution in [0.2, 0.25) is 5.02 Å². The van der Waals surface area contributed by atoms with E-state index in [9.17, 15) is 13.2 Å². The average Bonchev–Trinajstić information content (AvgIpc) is 3.14. The van der Waals surface area contributed by atoms with Crippen LogP contribution in [-0.4, -0.2) is 27.0 Å². The first-order valence-electron chi connectivity index (χ1n) is 7.95. The number of nitrogens with one attached hydrogen (secondary N) is 1. The van der Waals surface area contributed by atoms with Gasteiger partial charge in [0.05, 0.1) is 11.4 Å². The van der Waals surface area contributed by atoms with E-state index in [1.54, 1.807) is 53.3 Å². The molecule has 0 aliphatic carbocycles. The zero-order valence-corrected chi connectivity index (χ0v) is 14.9. The molecule has 0 saturated carbocycles. The molecular weight excluding hydrogens is 397 g/mol. The lowest BCUT2D eigenvalue weighted by Gasteiger charge is -2.11. The third kappa shape index (κ3) is 4.81. The Bertz CT molecular complexity index is 971. The number of hydrogen-bond acceptors (Lipinski definition) is 4. The number of para-hydroxylation sites is 1. The van der Waals surface area contributed by atoms with Crippen LogP contribution in [0.5, 0.6) is 5.88 Å². The second-order valence-corrected chi connectivity index (χ2v) is 6.00. The number of rotatable bonds is 5. The maximum absolute atomic E-state index is 12.8. The van der Waals surface area contributed by atoms with Crippen LogP contribution >= 0.6 is 11.6 Å². The van der Waals surface area contributed by atoms with Crippen LogP contribution in [-0.2, 0) is 6.61 Å². The van der Waals surface area contributed by atoms with E-state index in [0.717, 1.165) is 11.2 Å². The van der Waals surface area contributed by atoms with Gasteiger partial charge in [0.15, 0.2) is 0 Å². The van der Waals surface area contributed by atoms with Crippen molar-refractivity contribution in [3.63, 3.8) is 0 Å². The molecule has 0 spiro atoms. The molecule has 0 bridgehead atoms. The molecule has 146 valence electrons. The summed E-state index contributed by atoms with van der Waals surface area (Å²) < 4.78 is 45.5. The molecule has 2 aromatic carbocycles. The average molecular weight is 411 g/mol. The van der Waals surface area contributed by atoms with Gasteiger partial charge >= 0.3 is 6.18 Å². The topological polar surface area (TPSA) is 71.7 Å². The van der Waals surface area contributed by atoms with E-state index in [0.29, 0.717) is 10.6 Å². The Labute approximate surface area is 162 Å². The van der Waals surface area contributed by atoms with Crippen molar-refractivity contribution in [1.82, 2.24) is 15.3 Å². The predicted molar refractivity (Wildman–Crippen MR) is 97.4 cm³/mol. The van der Waals surface area contributed by atoms with Crippen LogP contribution in [0.15, 0.2) is 65.8 Å². The summed E-state index contributed by atoms with van der Waals surface area (Å²) >= 11 is 5.86. The van der Waals surface area contributed by atoms with Crippen LogP contribution in [0.1, 0.15) is 5.56 Å². The van der Waals surface area contributed by atoms with Gasteiger partial charge in [-0.1, -0.05) is 29.8 Å². The molecule has 3 rings (SSSR count). The Morgan fingerprint density at radius 1 is 1.14 bits per heavy atom. The number of ether oxygens (including phenoxy) is 1. The minimum Gasteiger partial charge on any atom is -0.472 e. The fourth-order valence-corrected chi connectivity index (χ4v) is 2.41. The van der Waals surface area contributed by atoms with E-state index in [-0.39, 0.29) is 18.2 Å². The van der Waals surface area contributed by atoms with Crippen molar-refractivity contribution >= 4 is 23.1 Å². The number of hydroxylamine groups is 1. The number of nitrogens with zero attached hydrogens (tertiary/aromatic N) is 3. The predicted octanol–water partition coefficient (Wildman–Crippen LogP) is 4.68. The van der Waals surface area contributed by atoms with E-state index in [2.05, 4.69) is 10.1 Å². The summed E-state index contributed by atoms with van der Waals surface area (Å²) in [6.07, 6.45) is -3.14. The molecule has 3 aromatic rings. The van der Waals surface area contributed by atoms with E-state index >= 15 is 0 Å². The van der Waals surface area contributed by atoms with Gasteiger partial charge in [0.25, 0.3) is 0 Å². The normalized spacial score (nSPS) is 12.1. The summed E-state index contributed by atoms with van der Waals surface area (Å²) in [4.78, 5) is 3.43. The smallest absolute Gasteiger partial charge is 0.451 e. The highest BCUT2D eigenvalue weighted by molar-refractivity contribution is 6.30. The lowest BCUT2D eigenvalue weighted by atomic mass is 10.2. The number of benzene rings is 2. The zero-order chi connectivity index (χ0) is 20.1. The van der Waals surface area contributed by atoms with Gasteiger partial charge in [0.1, 0.15) is 6.61 Å². The van der Waals surface area contributed by atoms with Crippen LogP contribution < -0.4 is 10.2 Å². The zero-order valence-electron chi connectivity index (χ0n) is 14.2. The number of halogens is 4. The number of hydrogen-bond donors (Lipinski definition) is 2. The SMILES string of the molecule is ONC(=Nc1ccccc1COc1ccn(-c2ccc(Cl)cc2)n1)C(F)(F)F. The van der Waals surface area contributed by atoms with Crippen LogP contribution in [0, 0.1) is 0 Å². The molecular formula is C18H14ClF3N4O2. The van der Waals surface area contributed by atoms with E-state index in [4.69, 9.17) is 21.5 Å². The monoisotopic (exact) mass is 410 g/mol. The standard InChI is InChI=1S/C18H14ClF3N4O2/c19-13-5-7-14(8-6-13)26-10-9-16(24-26)28-11-12-3-1-2-4-15(12)23-17(25-27)18(20,21)22/h1-10,27H,11H2,(H,23,25). The minimum absolute atomic E-state index is 0.00788. The number of aromatic nitrogens is 2. The third-order valence-corrected chi connectivity index (χ3v) is 3.88. The van der Waals surface area contributed by atoms with Gasteiger partial charge < -0.3 is 4.74 Å². The molecule has 0 aliphatic heterocycles. The lowest BCUT2D eigenvalue weighted by molar-refractivity contribution is -0.0677. The van der Waals surface area contributed by atoms with Crippen molar-refractivity contribution in [3.05, 3.63) is 71.4 Å². The summed E-state index contributed by atoms with van der Waals surface area (Å²) in [6, 6.07) is 14.8. The van der Waals surface area contributed by atoms with Crippen LogP contribution in [0.25, 0.3) is 5.69 Å². The highest BCUT2D eigenvalue weighted by Crippen LogP contribution is 2.25. The van der Waals surface area contributed by atoms with Gasteiger partial charge in [-0.05, 0) is 30.3 Å². The van der Waals surface area contributed by atoms with Crippen molar-refractivity contribution in [2.45, 2.75) is 12.8 Å². The quantitative estimate of drug-likeness (QED) is 0.364. The number of alkyl halides is 3. The number of aliphatic imine (C=N–C) groups is 1. The molecule has 10 heteroatoms. The first-order valence-corrected chi connectivity index (χ1v) is 8.33. The van der Waals surface area contributed by atoms with Gasteiger partial charge in [-0.25, -0.2) is 15.2 Å². The first-order chi connectivity index (χ1) is 13.4. The summed E-state index contributed by atoms with van der Waals surface area (Å²) in [6.45, 7) is -0.0616. The molecule has 0 fully saturated rings. The highest BCUT2D eigenvalue weighted by atomic mass is 35.5. The summed E-state index contributed by atoms with van der Waals surface area (Å²) in [7, 11) is 0. The van der Waals surface area contributed by atoms with E-state index in [1.807, 2.05) is 0 Å². The van der Waals surface area contributed by atoms with Gasteiger partial charge in [-0.2, -0.15) is 13.2 Å². The Hall–Kier alpha value is -3.04. The fraction of sp³-hybridized carbons (Fsp3) is 0.111. The van der Waals surface area contributed by atoms with E-state index < -0.39 is 12.0 Å². The molecule has 1 aromatic heterocycles. The maximum Gasteiger partial charge on any atom is 0.451 e. The molecule has 0 radical (unpaired) electrons. The lowest BCUT2D eigenvalue weighted by Crippen LogP contribution is -2.34. The van der Waals surface area contributed by atoms with Crippen molar-refractivity contribution in [2.75, 3.05) is 0 Å². The fourth-order valence-electron chi connectivity index (χ4n) is 2.29. The van der Waals surface area contributed by atoms with Crippen molar-refractivity contribution in [1.29, 1.82) is 0 Å². The molecule has 28 heavy (non-hydrogen) atoms. The Kier molecular flexibility index (Phi) is 5.86. The largest absolute Gasteiger partial charge is 0.472 e. The molecule has 0 aliphatic rings. The second-order valence-electron chi connectivity index (χ2n) is 5.56.